The molecule has 1 heterocycles. The van der Waals surface area contributed by atoms with Crippen molar-refractivity contribution >= 4 is 0 Å². The number of benzene rings is 1. The van der Waals surface area contributed by atoms with E-state index < -0.39 is 0 Å². The van der Waals surface area contributed by atoms with Crippen molar-refractivity contribution in [2.24, 2.45) is 5.73 Å². The van der Waals surface area contributed by atoms with Gasteiger partial charge in [0.05, 0.1) is 12.7 Å². The van der Waals surface area contributed by atoms with Crippen molar-refractivity contribution in [2.75, 3.05) is 13.2 Å². The molecule has 0 bridgehead atoms. The van der Waals surface area contributed by atoms with Gasteiger partial charge >= 0.3 is 0 Å². The molecule has 4 heteroatoms. The molecular formula is C10H13NO3. The third-order valence-electron chi connectivity index (χ3n) is 2.18. The molecule has 14 heavy (non-hydrogen) atoms. The van der Waals surface area contributed by atoms with Crippen molar-refractivity contribution in [3.05, 3.63) is 29.8 Å². The average molecular weight is 195 g/mol. The molecule has 0 aromatic heterocycles. The third-order valence-corrected chi connectivity index (χ3v) is 2.18. The zero-order valence-electron chi connectivity index (χ0n) is 7.72. The molecule has 1 saturated heterocycles. The molecule has 1 aromatic carbocycles. The summed E-state index contributed by atoms with van der Waals surface area (Å²) in [6.45, 7) is 0.997. The van der Waals surface area contributed by atoms with Gasteiger partial charge in [-0.05, 0) is 12.1 Å². The Morgan fingerprint density at radius 1 is 1.36 bits per heavy atom. The average Bonchev–Trinajstić information content (AvgIpc) is 2.67. The van der Waals surface area contributed by atoms with Gasteiger partial charge in [-0.15, -0.1) is 0 Å². The first kappa shape index (κ1) is 9.45. The number of hydrogen-bond acceptors (Lipinski definition) is 4. The van der Waals surface area contributed by atoms with Crippen LogP contribution in [0.4, 0.5) is 0 Å². The predicted molar refractivity (Wildman–Crippen MR) is 50.7 cm³/mol. The zero-order chi connectivity index (χ0) is 9.97. The lowest BCUT2D eigenvalue weighted by Gasteiger charge is -2.10. The van der Waals surface area contributed by atoms with E-state index in [1.54, 1.807) is 24.3 Å². The topological polar surface area (TPSA) is 64.7 Å². The largest absolute Gasteiger partial charge is 0.508 e. The van der Waals surface area contributed by atoms with E-state index in [-0.39, 0.29) is 18.1 Å². The lowest BCUT2D eigenvalue weighted by molar-refractivity contribution is -0.0585. The van der Waals surface area contributed by atoms with Crippen LogP contribution in [-0.4, -0.2) is 24.4 Å². The molecule has 1 aromatic rings. The fraction of sp³-hybridized carbons (Fsp3) is 0.400. The Hall–Kier alpha value is -1.10. The molecule has 2 rings (SSSR count). The summed E-state index contributed by atoms with van der Waals surface area (Å²) in [5, 5.41) is 9.10. The minimum Gasteiger partial charge on any atom is -0.508 e. The van der Waals surface area contributed by atoms with Gasteiger partial charge in [-0.3, -0.25) is 0 Å². The molecule has 1 aliphatic heterocycles. The Balaban J connectivity index is 2.06. The highest BCUT2D eigenvalue weighted by Crippen LogP contribution is 2.27. The highest BCUT2D eigenvalue weighted by atomic mass is 16.7. The van der Waals surface area contributed by atoms with Crippen LogP contribution in [0, 0.1) is 0 Å². The van der Waals surface area contributed by atoms with Crippen LogP contribution < -0.4 is 5.73 Å². The monoisotopic (exact) mass is 195 g/mol. The van der Waals surface area contributed by atoms with Gasteiger partial charge in [0.1, 0.15) is 5.75 Å². The van der Waals surface area contributed by atoms with Crippen LogP contribution in [0.1, 0.15) is 11.9 Å². The van der Waals surface area contributed by atoms with Crippen molar-refractivity contribution in [1.82, 2.24) is 0 Å². The fourth-order valence-electron chi connectivity index (χ4n) is 1.38. The van der Waals surface area contributed by atoms with Crippen molar-refractivity contribution in [3.8, 4) is 5.75 Å². The van der Waals surface area contributed by atoms with Crippen LogP contribution >= 0.6 is 0 Å². The van der Waals surface area contributed by atoms with E-state index in [2.05, 4.69) is 0 Å². The summed E-state index contributed by atoms with van der Waals surface area (Å²) in [5.41, 5.74) is 6.35. The quantitative estimate of drug-likeness (QED) is 0.731. The molecule has 3 N–H and O–H groups in total. The highest BCUT2D eigenvalue weighted by molar-refractivity contribution is 5.26. The van der Waals surface area contributed by atoms with E-state index >= 15 is 0 Å². The maximum atomic E-state index is 9.10. The number of hydrogen-bond donors (Lipinski definition) is 2. The van der Waals surface area contributed by atoms with Crippen molar-refractivity contribution < 1.29 is 14.6 Å². The Labute approximate surface area is 82.2 Å². The van der Waals surface area contributed by atoms with Gasteiger partial charge in [0.2, 0.25) is 0 Å². The molecule has 0 radical (unpaired) electrons. The van der Waals surface area contributed by atoms with E-state index in [9.17, 15) is 0 Å². The summed E-state index contributed by atoms with van der Waals surface area (Å²) >= 11 is 0. The van der Waals surface area contributed by atoms with Crippen molar-refractivity contribution in [3.63, 3.8) is 0 Å². The molecule has 76 valence electrons. The summed E-state index contributed by atoms with van der Waals surface area (Å²) in [5.74, 6) is 0.238. The summed E-state index contributed by atoms with van der Waals surface area (Å²) in [7, 11) is 0. The molecule has 0 amide bonds. The van der Waals surface area contributed by atoms with Gasteiger partial charge in [-0.25, -0.2) is 0 Å². The van der Waals surface area contributed by atoms with E-state index in [1.165, 1.54) is 0 Å². The molecule has 2 unspecified atom stereocenters. The molecule has 2 atom stereocenters. The van der Waals surface area contributed by atoms with Crippen LogP contribution in [0.5, 0.6) is 5.75 Å². The Kier molecular flexibility index (Phi) is 2.67. The van der Waals surface area contributed by atoms with Gasteiger partial charge in [0.15, 0.2) is 6.29 Å². The van der Waals surface area contributed by atoms with Gasteiger partial charge in [0.25, 0.3) is 0 Å². The van der Waals surface area contributed by atoms with Crippen molar-refractivity contribution in [1.29, 1.82) is 0 Å². The molecule has 1 fully saturated rings. The lowest BCUT2D eigenvalue weighted by Crippen LogP contribution is -2.21. The van der Waals surface area contributed by atoms with Gasteiger partial charge < -0.3 is 20.3 Å². The normalized spacial score (nSPS) is 26.6. The summed E-state index contributed by atoms with van der Waals surface area (Å²) in [6.07, 6.45) is -0.363. The molecule has 4 nitrogen and oxygen atoms in total. The molecule has 0 aliphatic carbocycles. The molecule has 0 spiro atoms. The molecular weight excluding hydrogens is 182 g/mol. The van der Waals surface area contributed by atoms with Crippen molar-refractivity contribution in [2.45, 2.75) is 12.4 Å². The highest BCUT2D eigenvalue weighted by Gasteiger charge is 2.25. The Bertz CT molecular complexity index is 299. The summed E-state index contributed by atoms with van der Waals surface area (Å²) in [6, 6.07) is 6.77. The minimum atomic E-state index is -0.343. The van der Waals surface area contributed by atoms with Gasteiger partial charge in [-0.2, -0.15) is 0 Å². The van der Waals surface area contributed by atoms with Crippen LogP contribution in [0.15, 0.2) is 24.3 Å². The third kappa shape index (κ3) is 1.87. The SMILES string of the molecule is NCC1COC(c2ccc(O)cc2)O1. The summed E-state index contributed by atoms with van der Waals surface area (Å²) in [4.78, 5) is 0. The zero-order valence-corrected chi connectivity index (χ0v) is 7.72. The molecule has 0 saturated carbocycles. The summed E-state index contributed by atoms with van der Waals surface area (Å²) < 4.78 is 10.9. The van der Waals surface area contributed by atoms with Crippen LogP contribution in [0.2, 0.25) is 0 Å². The van der Waals surface area contributed by atoms with E-state index in [1.807, 2.05) is 0 Å². The van der Waals surface area contributed by atoms with E-state index in [0.29, 0.717) is 13.2 Å². The number of ether oxygens (including phenoxy) is 2. The first-order valence-corrected chi connectivity index (χ1v) is 4.55. The number of phenolic OH excluding ortho intramolecular Hbond substituents is 1. The lowest BCUT2D eigenvalue weighted by atomic mass is 10.2. The number of aromatic hydroxyl groups is 1. The molecule has 1 aliphatic rings. The first-order valence-electron chi connectivity index (χ1n) is 4.55. The number of phenols is 1. The maximum absolute atomic E-state index is 9.10. The standard InChI is InChI=1S/C10H13NO3/c11-5-9-6-13-10(14-9)7-1-3-8(12)4-2-7/h1-4,9-10,12H,5-6,11H2. The maximum Gasteiger partial charge on any atom is 0.184 e. The second-order valence-electron chi connectivity index (χ2n) is 3.25. The predicted octanol–water partition coefficient (Wildman–Crippen LogP) is 0.765. The first-order chi connectivity index (χ1) is 6.79. The minimum absolute atomic E-state index is 0.0196. The van der Waals surface area contributed by atoms with E-state index in [0.717, 1.165) is 5.56 Å². The number of rotatable bonds is 2. The van der Waals surface area contributed by atoms with E-state index in [4.69, 9.17) is 20.3 Å². The second kappa shape index (κ2) is 3.96. The van der Waals surface area contributed by atoms with Gasteiger partial charge in [-0.1, -0.05) is 12.1 Å². The fourth-order valence-corrected chi connectivity index (χ4v) is 1.38. The van der Waals surface area contributed by atoms with Gasteiger partial charge in [0, 0.05) is 12.1 Å². The van der Waals surface area contributed by atoms with Crippen LogP contribution in [0.25, 0.3) is 0 Å². The second-order valence-corrected chi connectivity index (χ2v) is 3.25. The van der Waals surface area contributed by atoms with Crippen LogP contribution in [-0.2, 0) is 9.47 Å². The number of nitrogens with two attached hydrogens (primary N) is 1. The Morgan fingerprint density at radius 2 is 2.07 bits per heavy atom. The Morgan fingerprint density at radius 3 is 2.64 bits per heavy atom. The van der Waals surface area contributed by atoms with Crippen LogP contribution in [0.3, 0.4) is 0 Å². The smallest absolute Gasteiger partial charge is 0.184 e.